The minimum Gasteiger partial charge on any atom is -0.409 e. The zero-order valence-electron chi connectivity index (χ0n) is 12.0. The van der Waals surface area contributed by atoms with Gasteiger partial charge in [0.25, 0.3) is 0 Å². The number of nitrogens with two attached hydrogens (primary N) is 1. The molecule has 1 aliphatic heterocycles. The van der Waals surface area contributed by atoms with Crippen molar-refractivity contribution in [2.24, 2.45) is 22.2 Å². The van der Waals surface area contributed by atoms with Gasteiger partial charge in [-0.25, -0.2) is 0 Å². The molecular weight excluding hydrogens is 244 g/mol. The summed E-state index contributed by atoms with van der Waals surface area (Å²) in [6.07, 6.45) is 2.36. The highest BCUT2D eigenvalue weighted by molar-refractivity contribution is 6.07. The Morgan fingerprint density at radius 3 is 2.53 bits per heavy atom. The first-order valence-corrected chi connectivity index (χ1v) is 6.84. The van der Waals surface area contributed by atoms with E-state index in [4.69, 9.17) is 10.9 Å². The van der Waals surface area contributed by atoms with Crippen LogP contribution in [0.25, 0.3) is 0 Å². The second kappa shape index (κ2) is 5.00. The van der Waals surface area contributed by atoms with E-state index < -0.39 is 5.41 Å². The van der Waals surface area contributed by atoms with E-state index in [-0.39, 0.29) is 11.7 Å². The van der Waals surface area contributed by atoms with Gasteiger partial charge < -0.3 is 20.7 Å². The highest BCUT2D eigenvalue weighted by atomic mass is 16.4. The Labute approximate surface area is 114 Å². The number of likely N-dealkylation sites (tertiary alicyclic amines) is 1. The van der Waals surface area contributed by atoms with Crippen molar-refractivity contribution >= 4 is 11.7 Å². The van der Waals surface area contributed by atoms with Crippen LogP contribution in [0.3, 0.4) is 0 Å². The Hall–Kier alpha value is -1.30. The Kier molecular flexibility index (Phi) is 3.71. The molecule has 1 saturated heterocycles. The summed E-state index contributed by atoms with van der Waals surface area (Å²) in [7, 11) is 4.06. The Morgan fingerprint density at radius 2 is 2.11 bits per heavy atom. The maximum atomic E-state index is 12.7. The quantitative estimate of drug-likeness (QED) is 0.334. The second-order valence-electron chi connectivity index (χ2n) is 6.24. The molecule has 0 radical (unpaired) electrons. The van der Waals surface area contributed by atoms with E-state index in [1.54, 1.807) is 0 Å². The molecule has 0 spiro atoms. The lowest BCUT2D eigenvalue weighted by Gasteiger charge is -2.45. The standard InChI is InChI=1S/C13H24N4O2/c1-9-6-13(7-9,11(14)15-19)12(18)17-5-4-10(8-17)16(2)3/h9-10,19H,4-8H2,1-3H3,(H2,14,15). The van der Waals surface area contributed by atoms with Gasteiger partial charge in [-0.1, -0.05) is 12.1 Å². The lowest BCUT2D eigenvalue weighted by Crippen LogP contribution is -2.57. The van der Waals surface area contributed by atoms with Crippen molar-refractivity contribution in [3.63, 3.8) is 0 Å². The molecule has 1 aliphatic carbocycles. The first kappa shape index (κ1) is 14.1. The number of amidine groups is 1. The van der Waals surface area contributed by atoms with E-state index in [2.05, 4.69) is 17.0 Å². The normalized spacial score (nSPS) is 35.6. The van der Waals surface area contributed by atoms with Crippen molar-refractivity contribution in [1.29, 1.82) is 0 Å². The summed E-state index contributed by atoms with van der Waals surface area (Å²) >= 11 is 0. The highest BCUT2D eigenvalue weighted by Crippen LogP contribution is 2.47. The molecule has 0 aromatic rings. The van der Waals surface area contributed by atoms with Crippen LogP contribution in [0.4, 0.5) is 0 Å². The molecule has 2 fully saturated rings. The van der Waals surface area contributed by atoms with Crippen LogP contribution in [0, 0.1) is 11.3 Å². The van der Waals surface area contributed by atoms with E-state index in [0.717, 1.165) is 19.5 Å². The van der Waals surface area contributed by atoms with Crippen LogP contribution in [-0.2, 0) is 4.79 Å². The Morgan fingerprint density at radius 1 is 1.47 bits per heavy atom. The van der Waals surface area contributed by atoms with Crippen molar-refractivity contribution in [3.8, 4) is 0 Å². The number of rotatable bonds is 3. The molecule has 1 saturated carbocycles. The van der Waals surface area contributed by atoms with E-state index >= 15 is 0 Å². The summed E-state index contributed by atoms with van der Waals surface area (Å²) < 4.78 is 0. The van der Waals surface area contributed by atoms with Crippen molar-refractivity contribution in [2.45, 2.75) is 32.2 Å². The predicted molar refractivity (Wildman–Crippen MR) is 72.9 cm³/mol. The second-order valence-corrected chi connectivity index (χ2v) is 6.24. The fourth-order valence-electron chi connectivity index (χ4n) is 3.37. The van der Waals surface area contributed by atoms with Crippen LogP contribution in [-0.4, -0.2) is 60.0 Å². The third-order valence-corrected chi connectivity index (χ3v) is 4.58. The SMILES string of the molecule is CC1CC(C(=O)N2CCC(N(C)C)C2)(C(N)=NO)C1. The van der Waals surface area contributed by atoms with Gasteiger partial charge in [-0.15, -0.1) is 0 Å². The van der Waals surface area contributed by atoms with Gasteiger partial charge in [-0.3, -0.25) is 4.79 Å². The summed E-state index contributed by atoms with van der Waals surface area (Å²) in [5, 5.41) is 12.0. The maximum absolute atomic E-state index is 12.7. The summed E-state index contributed by atoms with van der Waals surface area (Å²) in [4.78, 5) is 16.7. The molecule has 0 aromatic carbocycles. The first-order chi connectivity index (χ1) is 8.90. The number of carbonyl (C=O) groups is 1. The van der Waals surface area contributed by atoms with Crippen LogP contribution >= 0.6 is 0 Å². The van der Waals surface area contributed by atoms with E-state index in [9.17, 15) is 4.79 Å². The molecular formula is C13H24N4O2. The molecule has 108 valence electrons. The van der Waals surface area contributed by atoms with E-state index in [0.29, 0.717) is 24.8 Å². The summed E-state index contributed by atoms with van der Waals surface area (Å²) in [6.45, 7) is 3.58. The number of hydrogen-bond acceptors (Lipinski definition) is 4. The molecule has 1 heterocycles. The van der Waals surface area contributed by atoms with Gasteiger partial charge >= 0.3 is 0 Å². The van der Waals surface area contributed by atoms with Crippen LogP contribution in [0.5, 0.6) is 0 Å². The molecule has 0 bridgehead atoms. The Bertz CT molecular complexity index is 388. The molecule has 6 heteroatoms. The number of carbonyl (C=O) groups excluding carboxylic acids is 1. The third-order valence-electron chi connectivity index (χ3n) is 4.58. The van der Waals surface area contributed by atoms with Crippen LogP contribution < -0.4 is 5.73 Å². The van der Waals surface area contributed by atoms with Crippen molar-refractivity contribution in [2.75, 3.05) is 27.2 Å². The molecule has 19 heavy (non-hydrogen) atoms. The van der Waals surface area contributed by atoms with Gasteiger partial charge in [0, 0.05) is 19.1 Å². The van der Waals surface area contributed by atoms with Gasteiger partial charge in [0.2, 0.25) is 5.91 Å². The zero-order valence-corrected chi connectivity index (χ0v) is 12.0. The average molecular weight is 268 g/mol. The Balaban J connectivity index is 2.10. The molecule has 2 aliphatic rings. The molecule has 1 unspecified atom stereocenters. The number of oxime groups is 1. The lowest BCUT2D eigenvalue weighted by atomic mass is 9.61. The summed E-state index contributed by atoms with van der Waals surface area (Å²) in [6, 6.07) is 0.408. The summed E-state index contributed by atoms with van der Waals surface area (Å²) in [5.74, 6) is 0.561. The van der Waals surface area contributed by atoms with Gasteiger partial charge in [-0.2, -0.15) is 0 Å². The van der Waals surface area contributed by atoms with Crippen LogP contribution in [0.1, 0.15) is 26.2 Å². The third kappa shape index (κ3) is 2.29. The topological polar surface area (TPSA) is 82.2 Å². The van der Waals surface area contributed by atoms with Crippen molar-refractivity contribution < 1.29 is 10.0 Å². The lowest BCUT2D eigenvalue weighted by molar-refractivity contribution is -0.143. The van der Waals surface area contributed by atoms with Crippen molar-refractivity contribution in [1.82, 2.24) is 9.80 Å². The molecule has 3 N–H and O–H groups in total. The van der Waals surface area contributed by atoms with E-state index in [1.807, 2.05) is 19.0 Å². The fraction of sp³-hybridized carbons (Fsp3) is 0.846. The monoisotopic (exact) mass is 268 g/mol. The zero-order chi connectivity index (χ0) is 14.2. The minimum absolute atomic E-state index is 0.0326. The molecule has 6 nitrogen and oxygen atoms in total. The molecule has 2 rings (SSSR count). The van der Waals surface area contributed by atoms with Gasteiger partial charge in [0.05, 0.1) is 0 Å². The number of nitrogens with zero attached hydrogens (tertiary/aromatic N) is 3. The maximum Gasteiger partial charge on any atom is 0.236 e. The largest absolute Gasteiger partial charge is 0.409 e. The number of amides is 1. The van der Waals surface area contributed by atoms with Crippen molar-refractivity contribution in [3.05, 3.63) is 0 Å². The van der Waals surface area contributed by atoms with Gasteiger partial charge in [0.15, 0.2) is 5.84 Å². The fourth-order valence-corrected chi connectivity index (χ4v) is 3.37. The number of likely N-dealkylation sites (N-methyl/N-ethyl adjacent to an activating group) is 1. The number of hydrogen-bond donors (Lipinski definition) is 2. The van der Waals surface area contributed by atoms with Gasteiger partial charge in [0.1, 0.15) is 5.41 Å². The van der Waals surface area contributed by atoms with Crippen LogP contribution in [0.15, 0.2) is 5.16 Å². The smallest absolute Gasteiger partial charge is 0.236 e. The summed E-state index contributed by atoms with van der Waals surface area (Å²) in [5.41, 5.74) is 5.03. The van der Waals surface area contributed by atoms with Gasteiger partial charge in [-0.05, 0) is 39.3 Å². The van der Waals surface area contributed by atoms with E-state index in [1.165, 1.54) is 0 Å². The minimum atomic E-state index is -0.755. The first-order valence-electron chi connectivity index (χ1n) is 6.84. The predicted octanol–water partition coefficient (Wildman–Crippen LogP) is 0.312. The average Bonchev–Trinajstić information content (AvgIpc) is 2.82. The molecule has 0 aromatic heterocycles. The van der Waals surface area contributed by atoms with Crippen LogP contribution in [0.2, 0.25) is 0 Å². The molecule has 1 amide bonds. The molecule has 1 atom stereocenters. The highest BCUT2D eigenvalue weighted by Gasteiger charge is 2.54.